The van der Waals surface area contributed by atoms with Gasteiger partial charge in [0.2, 0.25) is 5.91 Å². The van der Waals surface area contributed by atoms with Gasteiger partial charge < -0.3 is 10.1 Å². The Morgan fingerprint density at radius 1 is 1.33 bits per heavy atom. The van der Waals surface area contributed by atoms with Crippen LogP contribution in [0.4, 0.5) is 0 Å². The van der Waals surface area contributed by atoms with Crippen LogP contribution in [0.5, 0.6) is 5.75 Å². The van der Waals surface area contributed by atoms with Gasteiger partial charge in [0.15, 0.2) is 0 Å². The average Bonchev–Trinajstić information content (AvgIpc) is 2.35. The van der Waals surface area contributed by atoms with Crippen molar-refractivity contribution in [2.45, 2.75) is 46.6 Å². The van der Waals surface area contributed by atoms with Gasteiger partial charge in [-0.1, -0.05) is 13.0 Å². The lowest BCUT2D eigenvalue weighted by atomic mass is 9.99. The predicted octanol–water partition coefficient (Wildman–Crippen LogP) is 2.77. The summed E-state index contributed by atoms with van der Waals surface area (Å²) < 4.78 is 5.27. The molecule has 1 aromatic carbocycles. The van der Waals surface area contributed by atoms with Crippen molar-refractivity contribution in [2.75, 3.05) is 7.11 Å². The van der Waals surface area contributed by atoms with E-state index in [4.69, 9.17) is 4.74 Å². The predicted molar refractivity (Wildman–Crippen MR) is 74.1 cm³/mol. The van der Waals surface area contributed by atoms with Gasteiger partial charge in [-0.2, -0.15) is 0 Å². The maximum Gasteiger partial charge on any atom is 0.224 e. The zero-order valence-electron chi connectivity index (χ0n) is 12.0. The van der Waals surface area contributed by atoms with Crippen LogP contribution in [0, 0.1) is 13.8 Å². The fraction of sp³-hybridized carbons (Fsp3) is 0.533. The van der Waals surface area contributed by atoms with Gasteiger partial charge in [0.1, 0.15) is 5.75 Å². The van der Waals surface area contributed by atoms with E-state index in [2.05, 4.69) is 12.2 Å². The number of amides is 1. The molecule has 0 aliphatic rings. The van der Waals surface area contributed by atoms with E-state index in [9.17, 15) is 4.79 Å². The standard InChI is InChI=1S/C15H23NO2/c1-6-10(2)16-15(17)9-13-7-8-14(18-5)12(4)11(13)3/h7-8,10H,6,9H2,1-5H3,(H,16,17). The van der Waals surface area contributed by atoms with E-state index in [1.165, 1.54) is 0 Å². The Morgan fingerprint density at radius 2 is 2.00 bits per heavy atom. The number of hydrogen-bond donors (Lipinski definition) is 1. The monoisotopic (exact) mass is 249 g/mol. The lowest BCUT2D eigenvalue weighted by Crippen LogP contribution is -2.33. The zero-order chi connectivity index (χ0) is 13.7. The van der Waals surface area contributed by atoms with E-state index in [1.54, 1.807) is 7.11 Å². The Morgan fingerprint density at radius 3 is 2.56 bits per heavy atom. The maximum atomic E-state index is 11.9. The Hall–Kier alpha value is -1.51. The van der Waals surface area contributed by atoms with Crippen molar-refractivity contribution < 1.29 is 9.53 Å². The topological polar surface area (TPSA) is 38.3 Å². The largest absolute Gasteiger partial charge is 0.496 e. The van der Waals surface area contributed by atoms with Gasteiger partial charge in [-0.05, 0) is 49.9 Å². The lowest BCUT2D eigenvalue weighted by molar-refractivity contribution is -0.121. The first-order chi connectivity index (χ1) is 8.49. The molecule has 1 unspecified atom stereocenters. The molecule has 0 bridgehead atoms. The van der Waals surface area contributed by atoms with E-state index >= 15 is 0 Å². The summed E-state index contributed by atoms with van der Waals surface area (Å²) in [4.78, 5) is 11.9. The second kappa shape index (κ2) is 6.43. The molecule has 1 rings (SSSR count). The van der Waals surface area contributed by atoms with Gasteiger partial charge in [0.25, 0.3) is 0 Å². The van der Waals surface area contributed by atoms with Crippen molar-refractivity contribution in [3.8, 4) is 5.75 Å². The van der Waals surface area contributed by atoms with Gasteiger partial charge >= 0.3 is 0 Å². The molecule has 1 atom stereocenters. The second-order valence-electron chi connectivity index (χ2n) is 4.73. The van der Waals surface area contributed by atoms with Gasteiger partial charge in [-0.3, -0.25) is 4.79 Å². The summed E-state index contributed by atoms with van der Waals surface area (Å²) in [5, 5.41) is 2.98. The molecular weight excluding hydrogens is 226 g/mol. The molecule has 0 fully saturated rings. The number of carbonyl (C=O) groups is 1. The molecule has 0 aromatic heterocycles. The molecule has 3 heteroatoms. The summed E-state index contributed by atoms with van der Waals surface area (Å²) in [6, 6.07) is 4.13. The van der Waals surface area contributed by atoms with Crippen LogP contribution in [0.1, 0.15) is 37.0 Å². The second-order valence-corrected chi connectivity index (χ2v) is 4.73. The molecule has 0 aliphatic carbocycles. The van der Waals surface area contributed by atoms with Crippen LogP contribution < -0.4 is 10.1 Å². The highest BCUT2D eigenvalue weighted by molar-refractivity contribution is 5.79. The summed E-state index contributed by atoms with van der Waals surface area (Å²) >= 11 is 0. The van der Waals surface area contributed by atoms with Crippen LogP contribution in [0.2, 0.25) is 0 Å². The highest BCUT2D eigenvalue weighted by Crippen LogP contribution is 2.24. The fourth-order valence-electron chi connectivity index (χ4n) is 1.87. The Balaban J connectivity index is 2.80. The van der Waals surface area contributed by atoms with Gasteiger partial charge in [-0.25, -0.2) is 0 Å². The van der Waals surface area contributed by atoms with E-state index in [0.717, 1.165) is 28.9 Å². The quantitative estimate of drug-likeness (QED) is 0.871. The van der Waals surface area contributed by atoms with E-state index in [0.29, 0.717) is 6.42 Å². The van der Waals surface area contributed by atoms with Crippen LogP contribution in [0.25, 0.3) is 0 Å². The summed E-state index contributed by atoms with van der Waals surface area (Å²) in [5.74, 6) is 0.954. The van der Waals surface area contributed by atoms with E-state index in [1.807, 2.05) is 32.9 Å². The van der Waals surface area contributed by atoms with E-state index < -0.39 is 0 Å². The number of carbonyl (C=O) groups excluding carboxylic acids is 1. The third-order valence-corrected chi connectivity index (χ3v) is 3.44. The molecule has 1 N–H and O–H groups in total. The van der Waals surface area contributed by atoms with Crippen molar-refractivity contribution in [1.82, 2.24) is 5.32 Å². The molecule has 0 saturated heterocycles. The number of rotatable bonds is 5. The number of methoxy groups -OCH3 is 1. The minimum absolute atomic E-state index is 0.0806. The molecule has 3 nitrogen and oxygen atoms in total. The first-order valence-corrected chi connectivity index (χ1v) is 6.42. The highest BCUT2D eigenvalue weighted by Gasteiger charge is 2.11. The smallest absolute Gasteiger partial charge is 0.224 e. The SMILES string of the molecule is CCC(C)NC(=O)Cc1ccc(OC)c(C)c1C. The Labute approximate surface area is 110 Å². The van der Waals surface area contributed by atoms with Crippen molar-refractivity contribution in [1.29, 1.82) is 0 Å². The lowest BCUT2D eigenvalue weighted by Gasteiger charge is -2.14. The van der Waals surface area contributed by atoms with E-state index in [-0.39, 0.29) is 11.9 Å². The molecular formula is C15H23NO2. The van der Waals surface area contributed by atoms with Crippen LogP contribution in [-0.2, 0) is 11.2 Å². The van der Waals surface area contributed by atoms with Crippen LogP contribution in [-0.4, -0.2) is 19.1 Å². The molecule has 0 aliphatic heterocycles. The van der Waals surface area contributed by atoms with Crippen LogP contribution in [0.3, 0.4) is 0 Å². The summed E-state index contributed by atoms with van der Waals surface area (Å²) in [7, 11) is 1.66. The normalized spacial score (nSPS) is 12.1. The summed E-state index contributed by atoms with van der Waals surface area (Å²) in [6.45, 7) is 8.13. The number of benzene rings is 1. The Kier molecular flexibility index (Phi) is 5.20. The summed E-state index contributed by atoms with van der Waals surface area (Å²) in [6.07, 6.45) is 1.38. The van der Waals surface area contributed by atoms with Crippen LogP contribution in [0.15, 0.2) is 12.1 Å². The minimum atomic E-state index is 0.0806. The van der Waals surface area contributed by atoms with Crippen molar-refractivity contribution >= 4 is 5.91 Å². The molecule has 18 heavy (non-hydrogen) atoms. The van der Waals surface area contributed by atoms with Crippen molar-refractivity contribution in [2.24, 2.45) is 0 Å². The maximum absolute atomic E-state index is 11.9. The highest BCUT2D eigenvalue weighted by atomic mass is 16.5. The number of ether oxygens (including phenoxy) is 1. The van der Waals surface area contributed by atoms with Crippen molar-refractivity contribution in [3.05, 3.63) is 28.8 Å². The van der Waals surface area contributed by atoms with Gasteiger partial charge in [0.05, 0.1) is 13.5 Å². The fourth-order valence-corrected chi connectivity index (χ4v) is 1.87. The molecule has 0 radical (unpaired) electrons. The first-order valence-electron chi connectivity index (χ1n) is 6.42. The third kappa shape index (κ3) is 3.49. The Bertz CT molecular complexity index is 427. The third-order valence-electron chi connectivity index (χ3n) is 3.44. The molecule has 1 aromatic rings. The average molecular weight is 249 g/mol. The van der Waals surface area contributed by atoms with Gasteiger partial charge in [0, 0.05) is 6.04 Å². The molecule has 0 heterocycles. The number of hydrogen-bond acceptors (Lipinski definition) is 2. The van der Waals surface area contributed by atoms with Crippen LogP contribution >= 0.6 is 0 Å². The molecule has 1 amide bonds. The molecule has 0 saturated carbocycles. The first kappa shape index (κ1) is 14.6. The zero-order valence-corrected chi connectivity index (χ0v) is 12.0. The van der Waals surface area contributed by atoms with Crippen molar-refractivity contribution in [3.63, 3.8) is 0 Å². The number of nitrogens with one attached hydrogen (secondary N) is 1. The van der Waals surface area contributed by atoms with Gasteiger partial charge in [-0.15, -0.1) is 0 Å². The molecule has 0 spiro atoms. The minimum Gasteiger partial charge on any atom is -0.496 e. The summed E-state index contributed by atoms with van der Waals surface area (Å²) in [5.41, 5.74) is 3.30. The molecule has 100 valence electrons.